The van der Waals surface area contributed by atoms with Crippen LogP contribution in [0.5, 0.6) is 0 Å². The second-order valence-electron chi connectivity index (χ2n) is 4.73. The zero-order chi connectivity index (χ0) is 15.4. The van der Waals surface area contributed by atoms with E-state index in [9.17, 15) is 4.79 Å². The second-order valence-corrected chi connectivity index (χ2v) is 5.59. The summed E-state index contributed by atoms with van der Waals surface area (Å²) in [5.74, 6) is 0.683. The number of benzene rings is 1. The van der Waals surface area contributed by atoms with Crippen LogP contribution in [0.25, 0.3) is 0 Å². The molecule has 0 fully saturated rings. The van der Waals surface area contributed by atoms with Gasteiger partial charge in [-0.15, -0.1) is 11.3 Å². The van der Waals surface area contributed by atoms with E-state index < -0.39 is 0 Å². The zero-order valence-electron chi connectivity index (χ0n) is 12.0. The lowest BCUT2D eigenvalue weighted by molar-refractivity contribution is 0.0995. The van der Waals surface area contributed by atoms with Crippen LogP contribution in [-0.4, -0.2) is 10.9 Å². The first-order valence-corrected chi connectivity index (χ1v) is 7.70. The Morgan fingerprint density at radius 1 is 1.23 bits per heavy atom. The van der Waals surface area contributed by atoms with Crippen molar-refractivity contribution in [3.05, 3.63) is 65.1 Å². The number of furan rings is 1. The Hall–Kier alpha value is -2.60. The molecule has 0 saturated heterocycles. The van der Waals surface area contributed by atoms with Gasteiger partial charge < -0.3 is 9.73 Å². The molecule has 0 spiro atoms. The number of anilines is 2. The van der Waals surface area contributed by atoms with Crippen LogP contribution < -0.4 is 10.6 Å². The molecule has 2 heterocycles. The fourth-order valence-corrected chi connectivity index (χ4v) is 2.59. The Morgan fingerprint density at radius 2 is 2.05 bits per heavy atom. The quantitative estimate of drug-likeness (QED) is 0.749. The summed E-state index contributed by atoms with van der Waals surface area (Å²) in [5, 5.41) is 8.40. The summed E-state index contributed by atoms with van der Waals surface area (Å²) in [7, 11) is 0. The van der Waals surface area contributed by atoms with Gasteiger partial charge in [-0.1, -0.05) is 18.2 Å². The normalized spacial score (nSPS) is 10.4. The molecule has 6 heteroatoms. The van der Waals surface area contributed by atoms with Gasteiger partial charge in [0.15, 0.2) is 10.9 Å². The molecule has 0 aliphatic rings. The Bertz CT molecular complexity index is 765. The van der Waals surface area contributed by atoms with Crippen molar-refractivity contribution in [2.24, 2.45) is 0 Å². The van der Waals surface area contributed by atoms with Crippen molar-refractivity contribution in [3.63, 3.8) is 0 Å². The van der Waals surface area contributed by atoms with E-state index in [1.165, 1.54) is 11.3 Å². The largest absolute Gasteiger partial charge is 0.454 e. The molecule has 0 aliphatic carbocycles. The topological polar surface area (TPSA) is 67.2 Å². The van der Waals surface area contributed by atoms with Crippen molar-refractivity contribution in [2.75, 3.05) is 10.6 Å². The van der Waals surface area contributed by atoms with Crippen LogP contribution in [0.2, 0.25) is 0 Å². The second kappa shape index (κ2) is 6.44. The van der Waals surface area contributed by atoms with E-state index in [4.69, 9.17) is 4.42 Å². The standard InChI is InChI=1S/C16H15N3O2S/c1-11-10-22-16(18-11)19-15(20)14-8-7-13(21-14)9-17-12-5-3-2-4-6-12/h2-8,10,17H,9H2,1H3,(H,18,19,20). The summed E-state index contributed by atoms with van der Waals surface area (Å²) < 4.78 is 5.55. The number of amides is 1. The molecule has 2 aromatic heterocycles. The van der Waals surface area contributed by atoms with E-state index in [1.807, 2.05) is 42.6 Å². The molecule has 0 aliphatic heterocycles. The fourth-order valence-electron chi connectivity index (χ4n) is 1.91. The van der Waals surface area contributed by atoms with E-state index in [0.29, 0.717) is 17.4 Å². The van der Waals surface area contributed by atoms with Gasteiger partial charge >= 0.3 is 0 Å². The van der Waals surface area contributed by atoms with Gasteiger partial charge in [0.05, 0.1) is 12.2 Å². The number of aryl methyl sites for hydroxylation is 1. The summed E-state index contributed by atoms with van der Waals surface area (Å²) in [5.41, 5.74) is 1.88. The summed E-state index contributed by atoms with van der Waals surface area (Å²) in [6.45, 7) is 2.40. The average molecular weight is 313 g/mol. The number of thiazole rings is 1. The number of carbonyl (C=O) groups excluding carboxylic acids is 1. The van der Waals surface area contributed by atoms with Crippen LogP contribution in [-0.2, 0) is 6.54 Å². The minimum Gasteiger partial charge on any atom is -0.454 e. The van der Waals surface area contributed by atoms with Gasteiger partial charge in [0.1, 0.15) is 5.76 Å². The molecule has 22 heavy (non-hydrogen) atoms. The molecular weight excluding hydrogens is 298 g/mol. The molecule has 0 atom stereocenters. The Kier molecular flexibility index (Phi) is 4.20. The van der Waals surface area contributed by atoms with Crippen LogP contribution in [0.15, 0.2) is 52.3 Å². The molecule has 3 aromatic rings. The predicted octanol–water partition coefficient (Wildman–Crippen LogP) is 3.91. The van der Waals surface area contributed by atoms with Gasteiger partial charge in [0.25, 0.3) is 5.91 Å². The molecule has 0 saturated carbocycles. The molecule has 0 bridgehead atoms. The highest BCUT2D eigenvalue weighted by Crippen LogP contribution is 2.17. The molecule has 112 valence electrons. The number of rotatable bonds is 5. The van der Waals surface area contributed by atoms with Crippen molar-refractivity contribution < 1.29 is 9.21 Å². The molecular formula is C16H15N3O2S. The third-order valence-electron chi connectivity index (χ3n) is 2.97. The van der Waals surface area contributed by atoms with Crippen molar-refractivity contribution >= 4 is 28.1 Å². The van der Waals surface area contributed by atoms with E-state index in [2.05, 4.69) is 15.6 Å². The van der Waals surface area contributed by atoms with Gasteiger partial charge in [0, 0.05) is 11.1 Å². The summed E-state index contributed by atoms with van der Waals surface area (Å²) >= 11 is 1.39. The van der Waals surface area contributed by atoms with E-state index in [0.717, 1.165) is 11.4 Å². The number of hydrogen-bond donors (Lipinski definition) is 2. The third-order valence-corrected chi connectivity index (χ3v) is 3.84. The fraction of sp³-hybridized carbons (Fsp3) is 0.125. The molecule has 5 nitrogen and oxygen atoms in total. The van der Waals surface area contributed by atoms with Gasteiger partial charge in [-0.05, 0) is 31.2 Å². The van der Waals surface area contributed by atoms with E-state index in [1.54, 1.807) is 12.1 Å². The van der Waals surface area contributed by atoms with Crippen molar-refractivity contribution in [2.45, 2.75) is 13.5 Å². The molecule has 0 unspecified atom stereocenters. The molecule has 0 radical (unpaired) electrons. The summed E-state index contributed by atoms with van der Waals surface area (Å²) in [6, 6.07) is 13.3. The smallest absolute Gasteiger partial charge is 0.293 e. The molecule has 2 N–H and O–H groups in total. The van der Waals surface area contributed by atoms with Gasteiger partial charge in [-0.3, -0.25) is 10.1 Å². The lowest BCUT2D eigenvalue weighted by Crippen LogP contribution is -2.10. The SMILES string of the molecule is Cc1csc(NC(=O)c2ccc(CNc3ccccc3)o2)n1. The van der Waals surface area contributed by atoms with Crippen LogP contribution in [0.4, 0.5) is 10.8 Å². The minimum absolute atomic E-state index is 0.276. The van der Waals surface area contributed by atoms with E-state index >= 15 is 0 Å². The maximum Gasteiger partial charge on any atom is 0.293 e. The maximum atomic E-state index is 12.1. The number of aromatic nitrogens is 1. The van der Waals surface area contributed by atoms with Gasteiger partial charge in [-0.25, -0.2) is 4.98 Å². The minimum atomic E-state index is -0.291. The monoisotopic (exact) mass is 313 g/mol. The third kappa shape index (κ3) is 3.53. The highest BCUT2D eigenvalue weighted by Gasteiger charge is 2.12. The zero-order valence-corrected chi connectivity index (χ0v) is 12.8. The first-order chi connectivity index (χ1) is 10.7. The number of carbonyl (C=O) groups is 1. The van der Waals surface area contributed by atoms with Crippen molar-refractivity contribution in [1.29, 1.82) is 0 Å². The first kappa shape index (κ1) is 14.3. The number of hydrogen-bond acceptors (Lipinski definition) is 5. The Balaban J connectivity index is 1.59. The van der Waals surface area contributed by atoms with E-state index in [-0.39, 0.29) is 11.7 Å². The number of para-hydroxylation sites is 1. The molecule has 1 amide bonds. The molecule has 1 aromatic carbocycles. The van der Waals surface area contributed by atoms with Crippen LogP contribution in [0, 0.1) is 6.92 Å². The van der Waals surface area contributed by atoms with Gasteiger partial charge in [0.2, 0.25) is 0 Å². The number of nitrogens with one attached hydrogen (secondary N) is 2. The van der Waals surface area contributed by atoms with Crippen molar-refractivity contribution in [3.8, 4) is 0 Å². The maximum absolute atomic E-state index is 12.1. The van der Waals surface area contributed by atoms with Crippen LogP contribution in [0.1, 0.15) is 22.0 Å². The molecule has 3 rings (SSSR count). The highest BCUT2D eigenvalue weighted by molar-refractivity contribution is 7.13. The Morgan fingerprint density at radius 3 is 2.77 bits per heavy atom. The lowest BCUT2D eigenvalue weighted by atomic mass is 10.3. The van der Waals surface area contributed by atoms with Crippen LogP contribution >= 0.6 is 11.3 Å². The van der Waals surface area contributed by atoms with Crippen LogP contribution in [0.3, 0.4) is 0 Å². The average Bonchev–Trinajstić information content (AvgIpc) is 3.15. The summed E-state index contributed by atoms with van der Waals surface area (Å²) in [6.07, 6.45) is 0. The number of nitrogens with zero attached hydrogens (tertiary/aromatic N) is 1. The van der Waals surface area contributed by atoms with Gasteiger partial charge in [-0.2, -0.15) is 0 Å². The Labute approximate surface area is 132 Å². The van der Waals surface area contributed by atoms with Crippen molar-refractivity contribution in [1.82, 2.24) is 4.98 Å². The lowest BCUT2D eigenvalue weighted by Gasteiger charge is -2.03. The first-order valence-electron chi connectivity index (χ1n) is 6.82. The summed E-state index contributed by atoms with van der Waals surface area (Å²) in [4.78, 5) is 16.2. The predicted molar refractivity (Wildman–Crippen MR) is 87.3 cm³/mol. The highest BCUT2D eigenvalue weighted by atomic mass is 32.1.